The lowest BCUT2D eigenvalue weighted by Gasteiger charge is -2.29. The molecule has 0 aliphatic carbocycles. The molecule has 3 saturated heterocycles. The minimum Gasteiger partial charge on any atom is -0.348 e. The van der Waals surface area contributed by atoms with E-state index in [-0.39, 0.29) is 24.2 Å². The number of hydrogen-bond donors (Lipinski definition) is 0. The lowest BCUT2D eigenvalue weighted by Crippen LogP contribution is -2.38. The summed E-state index contributed by atoms with van der Waals surface area (Å²) in [5.74, 6) is -1.32. The summed E-state index contributed by atoms with van der Waals surface area (Å²) in [7, 11) is 0. The van der Waals surface area contributed by atoms with Crippen molar-refractivity contribution in [2.45, 2.75) is 69.8 Å². The van der Waals surface area contributed by atoms with Crippen LogP contribution in [0.5, 0.6) is 0 Å². The molecule has 2 aromatic rings. The van der Waals surface area contributed by atoms with Crippen molar-refractivity contribution < 1.29 is 23.7 Å². The van der Waals surface area contributed by atoms with E-state index in [9.17, 15) is 0 Å². The van der Waals surface area contributed by atoms with E-state index in [1.54, 1.807) is 0 Å². The van der Waals surface area contributed by atoms with Crippen LogP contribution in [-0.4, -0.2) is 47.8 Å². The Kier molecular flexibility index (Phi) is 3.87. The molecule has 5 atom stereocenters. The van der Waals surface area contributed by atoms with Crippen LogP contribution in [0.2, 0.25) is 0 Å². The first-order valence-electron chi connectivity index (χ1n) is 9.50. The highest BCUT2D eigenvalue weighted by Gasteiger charge is 2.58. The van der Waals surface area contributed by atoms with Crippen LogP contribution in [0.1, 0.15) is 39.2 Å². The van der Waals surface area contributed by atoms with Crippen LogP contribution in [0.3, 0.4) is 0 Å². The van der Waals surface area contributed by atoms with Crippen molar-refractivity contribution >= 4 is 10.9 Å². The predicted molar refractivity (Wildman–Crippen MR) is 98.1 cm³/mol. The number of hydrogen-bond acceptors (Lipinski definition) is 6. The smallest absolute Gasteiger partial charge is 0.188 e. The minimum atomic E-state index is -0.673. The Morgan fingerprint density at radius 3 is 2.52 bits per heavy atom. The van der Waals surface area contributed by atoms with Gasteiger partial charge in [-0.05, 0) is 45.4 Å². The zero-order chi connectivity index (χ0) is 18.8. The molecule has 3 aliphatic heterocycles. The maximum atomic E-state index is 6.34. The van der Waals surface area contributed by atoms with Gasteiger partial charge in [0, 0.05) is 17.5 Å². The fraction of sp³-hybridized carbons (Fsp3) is 0.571. The molecule has 6 heteroatoms. The van der Waals surface area contributed by atoms with Crippen LogP contribution < -0.4 is 0 Å². The van der Waals surface area contributed by atoms with Crippen molar-refractivity contribution in [1.82, 2.24) is 4.98 Å². The second-order valence-electron chi connectivity index (χ2n) is 8.38. The van der Waals surface area contributed by atoms with Gasteiger partial charge in [-0.3, -0.25) is 4.98 Å². The highest BCUT2D eigenvalue weighted by molar-refractivity contribution is 5.82. The van der Waals surface area contributed by atoms with E-state index in [2.05, 4.69) is 17.1 Å². The van der Waals surface area contributed by atoms with Gasteiger partial charge in [-0.25, -0.2) is 0 Å². The topological polar surface area (TPSA) is 59.0 Å². The largest absolute Gasteiger partial charge is 0.348 e. The number of aromatic nitrogens is 1. The Bertz CT molecular complexity index is 861. The maximum Gasteiger partial charge on any atom is 0.188 e. The number of ether oxygens (including phenoxy) is 5. The molecular formula is C21H25NO5. The first-order valence-corrected chi connectivity index (χ1v) is 9.50. The van der Waals surface area contributed by atoms with Crippen LogP contribution in [0.25, 0.3) is 10.9 Å². The Balaban J connectivity index is 1.58. The van der Waals surface area contributed by atoms with Gasteiger partial charge in [0.05, 0.1) is 18.2 Å². The van der Waals surface area contributed by atoms with Gasteiger partial charge in [-0.1, -0.05) is 18.2 Å². The van der Waals surface area contributed by atoms with E-state index < -0.39 is 17.9 Å². The van der Waals surface area contributed by atoms with E-state index >= 15 is 0 Å². The summed E-state index contributed by atoms with van der Waals surface area (Å²) in [5, 5.41) is 1.10. The summed E-state index contributed by atoms with van der Waals surface area (Å²) < 4.78 is 30.6. The summed E-state index contributed by atoms with van der Waals surface area (Å²) in [5.41, 5.74) is 2.10. The van der Waals surface area contributed by atoms with Gasteiger partial charge in [0.15, 0.2) is 17.9 Å². The van der Waals surface area contributed by atoms with Crippen LogP contribution in [0.15, 0.2) is 36.5 Å². The fourth-order valence-corrected chi connectivity index (χ4v) is 4.49. The van der Waals surface area contributed by atoms with Crippen LogP contribution >= 0.6 is 0 Å². The number of benzene rings is 1. The Morgan fingerprint density at radius 1 is 0.926 bits per heavy atom. The SMILES string of the molecule is CC1(C)OCC([C@H]2O[C@@H]3OC(C)(C)O[C@@H]3[C@H]2c2ccnc3ccccc23)O1. The maximum absolute atomic E-state index is 6.34. The fourth-order valence-electron chi connectivity index (χ4n) is 4.49. The second kappa shape index (κ2) is 5.96. The number of fused-ring (bicyclic) bond motifs is 2. The van der Waals surface area contributed by atoms with E-state index in [0.717, 1.165) is 16.5 Å². The molecule has 0 saturated carbocycles. The van der Waals surface area contributed by atoms with Crippen molar-refractivity contribution in [1.29, 1.82) is 0 Å². The third-order valence-corrected chi connectivity index (χ3v) is 5.53. The normalized spacial score (nSPS) is 37.0. The summed E-state index contributed by atoms with van der Waals surface area (Å²) in [6, 6.07) is 10.2. The molecule has 0 amide bonds. The van der Waals surface area contributed by atoms with Crippen molar-refractivity contribution in [2.75, 3.05) is 6.61 Å². The summed E-state index contributed by atoms with van der Waals surface area (Å²) in [4.78, 5) is 4.50. The van der Waals surface area contributed by atoms with Crippen molar-refractivity contribution in [3.05, 3.63) is 42.1 Å². The van der Waals surface area contributed by atoms with Gasteiger partial charge >= 0.3 is 0 Å². The molecule has 27 heavy (non-hydrogen) atoms. The van der Waals surface area contributed by atoms with E-state index in [1.807, 2.05) is 52.1 Å². The first-order chi connectivity index (χ1) is 12.8. The number of rotatable bonds is 2. The molecule has 1 aromatic heterocycles. The van der Waals surface area contributed by atoms with Crippen molar-refractivity contribution in [3.8, 4) is 0 Å². The molecule has 0 bridgehead atoms. The minimum absolute atomic E-state index is 0.0350. The third kappa shape index (κ3) is 2.96. The van der Waals surface area contributed by atoms with E-state index in [1.165, 1.54) is 0 Å². The lowest BCUT2D eigenvalue weighted by atomic mass is 9.86. The van der Waals surface area contributed by atoms with Gasteiger partial charge < -0.3 is 23.7 Å². The van der Waals surface area contributed by atoms with Gasteiger partial charge in [0.1, 0.15) is 12.2 Å². The van der Waals surface area contributed by atoms with Crippen LogP contribution in [0.4, 0.5) is 0 Å². The Hall–Kier alpha value is -1.57. The molecule has 3 fully saturated rings. The molecule has 0 spiro atoms. The molecule has 6 nitrogen and oxygen atoms in total. The highest BCUT2D eigenvalue weighted by atomic mass is 16.8. The second-order valence-corrected chi connectivity index (χ2v) is 8.38. The van der Waals surface area contributed by atoms with E-state index in [0.29, 0.717) is 6.61 Å². The molecule has 1 unspecified atom stereocenters. The highest BCUT2D eigenvalue weighted by Crippen LogP contribution is 2.49. The summed E-state index contributed by atoms with van der Waals surface area (Å²) in [6.45, 7) is 8.18. The summed E-state index contributed by atoms with van der Waals surface area (Å²) >= 11 is 0. The standard InChI is InChI=1S/C21H25NO5/c1-20(2)23-11-15(25-20)17-16(18-19(24-17)27-21(3,4)26-18)13-9-10-22-14-8-6-5-7-12(13)14/h5-10,15-19H,11H2,1-4H3/t15?,16-,17+,18+,19+/m0/s1. The van der Waals surface area contributed by atoms with Gasteiger partial charge in [0.25, 0.3) is 0 Å². The van der Waals surface area contributed by atoms with Crippen LogP contribution in [0, 0.1) is 0 Å². The molecular weight excluding hydrogens is 346 g/mol. The number of para-hydroxylation sites is 1. The first kappa shape index (κ1) is 17.5. The number of pyridine rings is 1. The molecule has 144 valence electrons. The zero-order valence-corrected chi connectivity index (χ0v) is 16.0. The summed E-state index contributed by atoms with van der Waals surface area (Å²) in [6.07, 6.45) is 0.817. The Morgan fingerprint density at radius 2 is 1.74 bits per heavy atom. The molecule has 3 aliphatic rings. The molecule has 0 radical (unpaired) electrons. The van der Waals surface area contributed by atoms with Crippen LogP contribution in [-0.2, 0) is 23.7 Å². The molecule has 4 heterocycles. The van der Waals surface area contributed by atoms with Gasteiger partial charge in [-0.15, -0.1) is 0 Å². The molecule has 1 aromatic carbocycles. The monoisotopic (exact) mass is 371 g/mol. The van der Waals surface area contributed by atoms with Crippen molar-refractivity contribution in [3.63, 3.8) is 0 Å². The Labute approximate surface area is 158 Å². The quantitative estimate of drug-likeness (QED) is 0.807. The zero-order valence-electron chi connectivity index (χ0n) is 16.0. The third-order valence-electron chi connectivity index (χ3n) is 5.53. The average Bonchev–Trinajstić information content (AvgIpc) is 3.23. The lowest BCUT2D eigenvalue weighted by molar-refractivity contribution is -0.223. The molecule has 5 rings (SSSR count). The van der Waals surface area contributed by atoms with Gasteiger partial charge in [0.2, 0.25) is 0 Å². The molecule has 0 N–H and O–H groups in total. The van der Waals surface area contributed by atoms with E-state index in [4.69, 9.17) is 23.7 Å². The predicted octanol–water partition coefficient (Wildman–Crippen LogP) is 3.35. The number of nitrogens with zero attached hydrogens (tertiary/aromatic N) is 1. The van der Waals surface area contributed by atoms with Crippen molar-refractivity contribution in [2.24, 2.45) is 0 Å². The average molecular weight is 371 g/mol. The van der Waals surface area contributed by atoms with Gasteiger partial charge in [-0.2, -0.15) is 0 Å².